The first-order chi connectivity index (χ1) is 11.8. The number of amides is 1. The Balaban J connectivity index is 1.71. The van der Waals surface area contributed by atoms with Gasteiger partial charge in [-0.05, 0) is 30.7 Å². The number of carbonyl (C=O) groups is 1. The maximum Gasteiger partial charge on any atom is 0.261 e. The number of halogens is 2. The van der Waals surface area contributed by atoms with Crippen LogP contribution < -0.4 is 10.1 Å². The smallest absolute Gasteiger partial charge is 0.261 e. The van der Waals surface area contributed by atoms with Crippen molar-refractivity contribution >= 4 is 15.7 Å². The Morgan fingerprint density at radius 2 is 1.92 bits per heavy atom. The molecule has 2 atom stereocenters. The quantitative estimate of drug-likeness (QED) is 0.901. The van der Waals surface area contributed by atoms with Crippen LogP contribution in [0.1, 0.15) is 18.5 Å². The van der Waals surface area contributed by atoms with Crippen LogP contribution in [0.2, 0.25) is 0 Å². The van der Waals surface area contributed by atoms with Crippen LogP contribution in [0, 0.1) is 11.6 Å². The number of fused-ring (bicyclic) bond motifs is 1. The van der Waals surface area contributed by atoms with Crippen LogP contribution in [0.3, 0.4) is 0 Å². The molecule has 2 aromatic rings. The van der Waals surface area contributed by atoms with Gasteiger partial charge < -0.3 is 10.1 Å². The van der Waals surface area contributed by atoms with E-state index in [1.54, 1.807) is 18.2 Å². The summed E-state index contributed by atoms with van der Waals surface area (Å²) in [5.74, 6) is -2.88. The summed E-state index contributed by atoms with van der Waals surface area (Å²) in [4.78, 5) is 12.5. The van der Waals surface area contributed by atoms with E-state index in [2.05, 4.69) is 5.32 Å². The lowest BCUT2D eigenvalue weighted by atomic mass is 10.1. The van der Waals surface area contributed by atoms with Crippen molar-refractivity contribution in [1.82, 2.24) is 5.32 Å². The van der Waals surface area contributed by atoms with Crippen LogP contribution in [0.25, 0.3) is 0 Å². The van der Waals surface area contributed by atoms with Crippen molar-refractivity contribution in [3.63, 3.8) is 0 Å². The highest BCUT2D eigenvalue weighted by Crippen LogP contribution is 2.33. The predicted octanol–water partition coefficient (Wildman–Crippen LogP) is 2.38. The van der Waals surface area contributed by atoms with Crippen LogP contribution in [0.5, 0.6) is 5.75 Å². The maximum absolute atomic E-state index is 13.2. The number of sulfone groups is 1. The molecule has 0 unspecified atom stereocenters. The fourth-order valence-electron chi connectivity index (χ4n) is 2.67. The molecule has 1 heterocycles. The molecule has 3 rings (SSSR count). The molecule has 0 saturated heterocycles. The van der Waals surface area contributed by atoms with Gasteiger partial charge in [-0.15, -0.1) is 0 Å². The molecule has 25 heavy (non-hydrogen) atoms. The minimum absolute atomic E-state index is 0.000920. The van der Waals surface area contributed by atoms with E-state index < -0.39 is 39.5 Å². The first-order valence-electron chi connectivity index (χ1n) is 7.52. The minimum atomic E-state index is -3.44. The molecule has 0 aromatic heterocycles. The number of hydrogen-bond acceptors (Lipinski definition) is 4. The molecule has 0 bridgehead atoms. The molecule has 1 aliphatic rings. The molecule has 2 aromatic carbocycles. The largest absolute Gasteiger partial charge is 0.481 e. The summed E-state index contributed by atoms with van der Waals surface area (Å²) in [6.45, 7) is 1.44. The van der Waals surface area contributed by atoms with Crippen LogP contribution >= 0.6 is 0 Å². The number of nitrogens with one attached hydrogen (secondary N) is 1. The molecule has 0 radical (unpaired) electrons. The number of rotatable bonds is 4. The molecule has 8 heteroatoms. The Morgan fingerprint density at radius 3 is 2.64 bits per heavy atom. The van der Waals surface area contributed by atoms with Gasteiger partial charge >= 0.3 is 0 Å². The van der Waals surface area contributed by atoms with E-state index >= 15 is 0 Å². The fourth-order valence-corrected chi connectivity index (χ4v) is 4.40. The van der Waals surface area contributed by atoms with Gasteiger partial charge in [0, 0.05) is 6.07 Å². The molecule has 0 aliphatic carbocycles. The molecule has 5 nitrogen and oxygen atoms in total. The van der Waals surface area contributed by atoms with Gasteiger partial charge in [0.25, 0.3) is 5.91 Å². The number of hydrogen-bond donors (Lipinski definition) is 1. The predicted molar refractivity (Wildman–Crippen MR) is 85.8 cm³/mol. The number of benzene rings is 2. The van der Waals surface area contributed by atoms with Gasteiger partial charge in [-0.25, -0.2) is 17.2 Å². The average molecular weight is 367 g/mol. The third-order valence-electron chi connectivity index (χ3n) is 3.91. The van der Waals surface area contributed by atoms with E-state index in [-0.39, 0.29) is 16.4 Å². The molecule has 0 saturated carbocycles. The van der Waals surface area contributed by atoms with Crippen molar-refractivity contribution in [1.29, 1.82) is 0 Å². The van der Waals surface area contributed by atoms with Crippen LogP contribution in [-0.4, -0.2) is 26.2 Å². The summed E-state index contributed by atoms with van der Waals surface area (Å²) in [6.07, 6.45) is -1.01. The molecule has 0 spiro atoms. The second kappa shape index (κ2) is 6.44. The van der Waals surface area contributed by atoms with Crippen molar-refractivity contribution in [3.8, 4) is 5.75 Å². The standard InChI is InChI=1S/C17H15F2NO4S/c1-10(24-11-6-7-13(18)14(19)8-11)17(21)20-15-9-25(22,23)16-5-3-2-4-12(15)16/h2-8,10,15H,9H2,1H3,(H,20,21)/t10-,15-/m1/s1. The summed E-state index contributed by atoms with van der Waals surface area (Å²) in [5, 5.41) is 2.63. The Labute approximate surface area is 143 Å². The molecular formula is C17H15F2NO4S. The van der Waals surface area contributed by atoms with Crippen molar-refractivity contribution in [2.45, 2.75) is 24.0 Å². The Kier molecular flexibility index (Phi) is 4.47. The number of ether oxygens (including phenoxy) is 1. The van der Waals surface area contributed by atoms with Gasteiger partial charge in [0.15, 0.2) is 27.6 Å². The van der Waals surface area contributed by atoms with Crippen LogP contribution in [-0.2, 0) is 14.6 Å². The van der Waals surface area contributed by atoms with Gasteiger partial charge in [0.1, 0.15) is 5.75 Å². The molecular weight excluding hydrogens is 352 g/mol. The maximum atomic E-state index is 13.2. The topological polar surface area (TPSA) is 72.5 Å². The second-order valence-electron chi connectivity index (χ2n) is 5.72. The van der Waals surface area contributed by atoms with E-state index in [0.29, 0.717) is 5.56 Å². The van der Waals surface area contributed by atoms with Crippen LogP contribution in [0.4, 0.5) is 8.78 Å². The molecule has 0 fully saturated rings. The van der Waals surface area contributed by atoms with Gasteiger partial charge in [-0.1, -0.05) is 18.2 Å². The third kappa shape index (κ3) is 3.48. The lowest BCUT2D eigenvalue weighted by molar-refractivity contribution is -0.127. The summed E-state index contributed by atoms with van der Waals surface area (Å²) in [5.41, 5.74) is 0.524. The summed E-state index contributed by atoms with van der Waals surface area (Å²) in [7, 11) is -3.44. The summed E-state index contributed by atoms with van der Waals surface area (Å²) < 4.78 is 55.6. The fraction of sp³-hybridized carbons (Fsp3) is 0.235. The molecule has 132 valence electrons. The van der Waals surface area contributed by atoms with Crippen molar-refractivity contribution < 1.29 is 26.7 Å². The molecule has 1 amide bonds. The molecule has 1 N–H and O–H groups in total. The van der Waals surface area contributed by atoms with Gasteiger partial charge in [-0.2, -0.15) is 0 Å². The van der Waals surface area contributed by atoms with E-state index in [4.69, 9.17) is 4.74 Å². The Hall–Kier alpha value is -2.48. The van der Waals surface area contributed by atoms with E-state index in [1.807, 2.05) is 0 Å². The normalized spacial score (nSPS) is 19.1. The first-order valence-corrected chi connectivity index (χ1v) is 9.17. The zero-order chi connectivity index (χ0) is 18.2. The average Bonchev–Trinajstić information content (AvgIpc) is 2.82. The number of carbonyl (C=O) groups excluding carboxylic acids is 1. The third-order valence-corrected chi connectivity index (χ3v) is 5.72. The lowest BCUT2D eigenvalue weighted by Gasteiger charge is -2.18. The van der Waals surface area contributed by atoms with Crippen molar-refractivity contribution in [2.24, 2.45) is 0 Å². The Bertz CT molecular complexity index is 930. The summed E-state index contributed by atoms with van der Waals surface area (Å²) >= 11 is 0. The highest BCUT2D eigenvalue weighted by Gasteiger charge is 2.36. The van der Waals surface area contributed by atoms with Crippen LogP contribution in [0.15, 0.2) is 47.4 Å². The summed E-state index contributed by atoms with van der Waals surface area (Å²) in [6, 6.07) is 8.73. The van der Waals surface area contributed by atoms with Gasteiger partial charge in [0.2, 0.25) is 0 Å². The second-order valence-corrected chi connectivity index (χ2v) is 7.72. The highest BCUT2D eigenvalue weighted by molar-refractivity contribution is 7.91. The van der Waals surface area contributed by atoms with Gasteiger partial charge in [0.05, 0.1) is 16.7 Å². The van der Waals surface area contributed by atoms with E-state index in [0.717, 1.165) is 12.1 Å². The first kappa shape index (κ1) is 17.3. The monoisotopic (exact) mass is 367 g/mol. The minimum Gasteiger partial charge on any atom is -0.481 e. The van der Waals surface area contributed by atoms with Gasteiger partial charge in [-0.3, -0.25) is 4.79 Å². The van der Waals surface area contributed by atoms with Crippen molar-refractivity contribution in [3.05, 3.63) is 59.7 Å². The zero-order valence-electron chi connectivity index (χ0n) is 13.2. The Morgan fingerprint density at radius 1 is 1.20 bits per heavy atom. The molecule has 1 aliphatic heterocycles. The van der Waals surface area contributed by atoms with E-state index in [9.17, 15) is 22.0 Å². The van der Waals surface area contributed by atoms with E-state index in [1.165, 1.54) is 19.1 Å². The highest BCUT2D eigenvalue weighted by atomic mass is 32.2. The SMILES string of the molecule is C[C@@H](Oc1ccc(F)c(F)c1)C(=O)N[C@@H]1CS(=O)(=O)c2ccccc21. The zero-order valence-corrected chi connectivity index (χ0v) is 14.0. The lowest BCUT2D eigenvalue weighted by Crippen LogP contribution is -2.39. The van der Waals surface area contributed by atoms with Crippen molar-refractivity contribution in [2.75, 3.05) is 5.75 Å².